The molecule has 13 heavy (non-hydrogen) atoms. The lowest BCUT2D eigenvalue weighted by molar-refractivity contribution is 0.454. The first-order chi connectivity index (χ1) is 5.97. The van der Waals surface area contributed by atoms with E-state index in [0.29, 0.717) is 10.6 Å². The number of phenols is 1. The number of nitrogens with two attached hydrogens (primary N) is 1. The van der Waals surface area contributed by atoms with Gasteiger partial charge in [-0.2, -0.15) is 5.26 Å². The Hall–Kier alpha value is -1.24. The molecule has 0 bridgehead atoms. The Morgan fingerprint density at radius 3 is 2.77 bits per heavy atom. The average Bonchev–Trinajstić information content (AvgIpc) is 2.09. The molecule has 1 rings (SSSR count). The molecule has 0 aliphatic rings. The SMILES string of the molecule is C[C@](N)(C#N)c1cc(Cl)ccc1O. The highest BCUT2D eigenvalue weighted by molar-refractivity contribution is 6.30. The molecule has 4 heteroatoms. The van der Waals surface area contributed by atoms with Crippen LogP contribution in [0.4, 0.5) is 0 Å². The monoisotopic (exact) mass is 196 g/mol. The maximum absolute atomic E-state index is 9.41. The minimum absolute atomic E-state index is 0.0176. The lowest BCUT2D eigenvalue weighted by atomic mass is 9.94. The first-order valence-electron chi connectivity index (χ1n) is 3.66. The maximum Gasteiger partial charge on any atom is 0.130 e. The van der Waals surface area contributed by atoms with Crippen molar-refractivity contribution in [3.05, 3.63) is 28.8 Å². The molecule has 0 spiro atoms. The van der Waals surface area contributed by atoms with Gasteiger partial charge in [0.25, 0.3) is 0 Å². The average molecular weight is 197 g/mol. The summed E-state index contributed by atoms with van der Waals surface area (Å²) in [5, 5.41) is 18.6. The minimum Gasteiger partial charge on any atom is -0.508 e. The molecule has 0 heterocycles. The highest BCUT2D eigenvalue weighted by Gasteiger charge is 2.24. The molecule has 1 aromatic rings. The maximum atomic E-state index is 9.41. The number of benzene rings is 1. The predicted molar refractivity (Wildman–Crippen MR) is 50.3 cm³/mol. The molecule has 0 fully saturated rings. The van der Waals surface area contributed by atoms with Gasteiger partial charge in [-0.15, -0.1) is 0 Å². The second-order valence-corrected chi connectivity index (χ2v) is 3.41. The van der Waals surface area contributed by atoms with Gasteiger partial charge in [-0.25, -0.2) is 0 Å². The van der Waals surface area contributed by atoms with Crippen LogP contribution in [0.3, 0.4) is 0 Å². The third-order valence-electron chi connectivity index (χ3n) is 1.75. The molecule has 0 aliphatic heterocycles. The van der Waals surface area contributed by atoms with Crippen LogP contribution < -0.4 is 5.73 Å². The van der Waals surface area contributed by atoms with Gasteiger partial charge in [0.05, 0.1) is 6.07 Å². The van der Waals surface area contributed by atoms with Crippen LogP contribution >= 0.6 is 11.6 Å². The van der Waals surface area contributed by atoms with E-state index in [4.69, 9.17) is 22.6 Å². The largest absolute Gasteiger partial charge is 0.508 e. The molecular formula is C9H9ClN2O. The van der Waals surface area contributed by atoms with Crippen molar-refractivity contribution in [2.75, 3.05) is 0 Å². The fourth-order valence-corrected chi connectivity index (χ4v) is 1.16. The van der Waals surface area contributed by atoms with Crippen LogP contribution in [0.15, 0.2) is 18.2 Å². The van der Waals surface area contributed by atoms with Gasteiger partial charge in [-0.3, -0.25) is 0 Å². The fourth-order valence-electron chi connectivity index (χ4n) is 0.984. The molecule has 0 saturated heterocycles. The Morgan fingerprint density at radius 2 is 2.23 bits per heavy atom. The summed E-state index contributed by atoms with van der Waals surface area (Å²) in [5.41, 5.74) is 4.75. The van der Waals surface area contributed by atoms with Crippen molar-refractivity contribution in [2.45, 2.75) is 12.5 Å². The highest BCUT2D eigenvalue weighted by Crippen LogP contribution is 2.29. The number of phenolic OH excluding ortho intramolecular Hbond substituents is 1. The second-order valence-electron chi connectivity index (χ2n) is 2.98. The van der Waals surface area contributed by atoms with Gasteiger partial charge >= 0.3 is 0 Å². The van der Waals surface area contributed by atoms with E-state index in [9.17, 15) is 5.11 Å². The lowest BCUT2D eigenvalue weighted by Gasteiger charge is -2.17. The first kappa shape index (κ1) is 9.85. The second kappa shape index (κ2) is 3.25. The zero-order valence-electron chi connectivity index (χ0n) is 7.08. The number of nitriles is 1. The highest BCUT2D eigenvalue weighted by atomic mass is 35.5. The summed E-state index contributed by atoms with van der Waals surface area (Å²) in [6.07, 6.45) is 0. The van der Waals surface area contributed by atoms with Gasteiger partial charge in [0.15, 0.2) is 0 Å². The van der Waals surface area contributed by atoms with Crippen molar-refractivity contribution >= 4 is 11.6 Å². The Balaban J connectivity index is 3.30. The summed E-state index contributed by atoms with van der Waals surface area (Å²) in [6, 6.07) is 6.32. The first-order valence-corrected chi connectivity index (χ1v) is 4.04. The molecule has 0 aromatic heterocycles. The summed E-state index contributed by atoms with van der Waals surface area (Å²) >= 11 is 5.70. The number of halogens is 1. The summed E-state index contributed by atoms with van der Waals surface area (Å²) in [4.78, 5) is 0. The van der Waals surface area contributed by atoms with Crippen molar-refractivity contribution in [1.82, 2.24) is 0 Å². The van der Waals surface area contributed by atoms with Crippen molar-refractivity contribution in [2.24, 2.45) is 5.73 Å². The molecule has 0 aliphatic carbocycles. The van der Waals surface area contributed by atoms with Crippen molar-refractivity contribution in [3.63, 3.8) is 0 Å². The molecule has 1 aromatic carbocycles. The number of hydrogen-bond acceptors (Lipinski definition) is 3. The van der Waals surface area contributed by atoms with E-state index < -0.39 is 5.54 Å². The molecule has 0 radical (unpaired) electrons. The van der Waals surface area contributed by atoms with E-state index in [1.54, 1.807) is 0 Å². The van der Waals surface area contributed by atoms with Gasteiger partial charge in [-0.05, 0) is 25.1 Å². The number of hydrogen-bond donors (Lipinski definition) is 2. The van der Waals surface area contributed by atoms with Gasteiger partial charge in [-0.1, -0.05) is 11.6 Å². The standard InChI is InChI=1S/C9H9ClN2O/c1-9(12,5-11)7-4-6(10)2-3-8(7)13/h2-4,13H,12H2,1H3/t9-/m0/s1. The zero-order valence-corrected chi connectivity index (χ0v) is 7.84. The Morgan fingerprint density at radius 1 is 1.62 bits per heavy atom. The Labute approximate surface area is 81.4 Å². The lowest BCUT2D eigenvalue weighted by Crippen LogP contribution is -2.30. The topological polar surface area (TPSA) is 70.0 Å². The molecule has 1 atom stereocenters. The van der Waals surface area contributed by atoms with E-state index in [2.05, 4.69) is 0 Å². The van der Waals surface area contributed by atoms with Crippen LogP contribution in [-0.2, 0) is 5.54 Å². The smallest absolute Gasteiger partial charge is 0.130 e. The van der Waals surface area contributed by atoms with E-state index in [1.807, 2.05) is 6.07 Å². The van der Waals surface area contributed by atoms with Gasteiger partial charge in [0.2, 0.25) is 0 Å². The molecule has 3 nitrogen and oxygen atoms in total. The van der Waals surface area contributed by atoms with Crippen LogP contribution in [0, 0.1) is 11.3 Å². The van der Waals surface area contributed by atoms with Gasteiger partial charge < -0.3 is 10.8 Å². The summed E-state index contributed by atoms with van der Waals surface area (Å²) in [7, 11) is 0. The van der Waals surface area contributed by atoms with Crippen molar-refractivity contribution in [1.29, 1.82) is 5.26 Å². The number of aromatic hydroxyl groups is 1. The van der Waals surface area contributed by atoms with Crippen LogP contribution in [-0.4, -0.2) is 5.11 Å². The summed E-state index contributed by atoms with van der Waals surface area (Å²) < 4.78 is 0. The molecule has 0 saturated carbocycles. The van der Waals surface area contributed by atoms with Crippen molar-refractivity contribution in [3.8, 4) is 11.8 Å². The van der Waals surface area contributed by atoms with E-state index in [1.165, 1.54) is 25.1 Å². The summed E-state index contributed by atoms with van der Waals surface area (Å²) in [6.45, 7) is 1.51. The molecule has 0 unspecified atom stereocenters. The fraction of sp³-hybridized carbons (Fsp3) is 0.222. The van der Waals surface area contributed by atoms with Crippen LogP contribution in [0.5, 0.6) is 5.75 Å². The molecule has 0 amide bonds. The Kier molecular flexibility index (Phi) is 2.46. The number of rotatable bonds is 1. The molecule has 68 valence electrons. The quantitative estimate of drug-likeness (QED) is 0.719. The van der Waals surface area contributed by atoms with E-state index >= 15 is 0 Å². The normalized spacial score (nSPS) is 14.6. The van der Waals surface area contributed by atoms with E-state index in [-0.39, 0.29) is 5.75 Å². The third-order valence-corrected chi connectivity index (χ3v) is 1.99. The Bertz CT molecular complexity index is 368. The molecule has 3 N–H and O–H groups in total. The zero-order chi connectivity index (χ0) is 10.1. The van der Waals surface area contributed by atoms with Gasteiger partial charge in [0.1, 0.15) is 11.3 Å². The molecular weight excluding hydrogens is 188 g/mol. The van der Waals surface area contributed by atoms with Crippen molar-refractivity contribution < 1.29 is 5.11 Å². The van der Waals surface area contributed by atoms with Crippen LogP contribution in [0.1, 0.15) is 12.5 Å². The van der Waals surface area contributed by atoms with Crippen LogP contribution in [0.25, 0.3) is 0 Å². The minimum atomic E-state index is -1.21. The third kappa shape index (κ3) is 1.92. The van der Waals surface area contributed by atoms with Gasteiger partial charge in [0, 0.05) is 10.6 Å². The predicted octanol–water partition coefficient (Wildman–Crippen LogP) is 1.74. The van der Waals surface area contributed by atoms with Crippen LogP contribution in [0.2, 0.25) is 5.02 Å². The number of nitrogens with zero attached hydrogens (tertiary/aromatic N) is 1. The summed E-state index contributed by atoms with van der Waals surface area (Å²) in [5.74, 6) is -0.0176. The van der Waals surface area contributed by atoms with E-state index in [0.717, 1.165) is 0 Å².